The van der Waals surface area contributed by atoms with Crippen molar-refractivity contribution in [2.45, 2.75) is 5.54 Å². The summed E-state index contributed by atoms with van der Waals surface area (Å²) in [5.74, 6) is -1.30. The number of nitrogens with one attached hydrogen (secondary N) is 1. The molecule has 1 unspecified atom stereocenters. The number of amides is 2. The van der Waals surface area contributed by atoms with Crippen LogP contribution in [0.4, 0.5) is 0 Å². The van der Waals surface area contributed by atoms with Crippen LogP contribution < -0.4 is 16.8 Å². The highest BCUT2D eigenvalue weighted by atomic mass is 16.2. The van der Waals surface area contributed by atoms with Gasteiger partial charge in [0.15, 0.2) is 5.54 Å². The third-order valence-corrected chi connectivity index (χ3v) is 2.71. The summed E-state index contributed by atoms with van der Waals surface area (Å²) in [4.78, 5) is 26.9. The van der Waals surface area contributed by atoms with E-state index in [9.17, 15) is 9.59 Å². The summed E-state index contributed by atoms with van der Waals surface area (Å²) in [5, 5.41) is 2.77. The van der Waals surface area contributed by atoms with Crippen LogP contribution in [0, 0.1) is 0 Å². The number of rotatable bonds is 3. The van der Waals surface area contributed by atoms with Gasteiger partial charge in [-0.15, -0.1) is 0 Å². The minimum Gasteiger partial charge on any atom is -0.367 e. The van der Waals surface area contributed by atoms with E-state index >= 15 is 0 Å². The van der Waals surface area contributed by atoms with Gasteiger partial charge in [-0.05, 0) is 18.2 Å². The molecule has 18 heavy (non-hydrogen) atoms. The molecule has 2 heterocycles. The van der Waals surface area contributed by atoms with Gasteiger partial charge in [0, 0.05) is 18.0 Å². The summed E-state index contributed by atoms with van der Waals surface area (Å²) in [5.41, 5.74) is 10.0. The molecule has 0 aliphatic carbocycles. The fourth-order valence-corrected chi connectivity index (χ4v) is 1.78. The van der Waals surface area contributed by atoms with Crippen molar-refractivity contribution in [2.75, 3.05) is 0 Å². The lowest BCUT2D eigenvalue weighted by Gasteiger charge is -2.32. The highest BCUT2D eigenvalue weighted by molar-refractivity contribution is 5.96. The van der Waals surface area contributed by atoms with E-state index in [0.29, 0.717) is 5.56 Å². The number of nitrogens with zero attached hydrogens (tertiary/aromatic N) is 1. The standard InChI is InChI=1S/C12H12N4O2/c13-10(17)9-4-1-5-12(16-9,11(14)18)8-3-2-6-15-7-8/h1-7,16H,(H2,13,17)(H2,14,18). The van der Waals surface area contributed by atoms with E-state index in [1.165, 1.54) is 12.3 Å². The first kappa shape index (κ1) is 11.8. The second kappa shape index (κ2) is 4.33. The van der Waals surface area contributed by atoms with Gasteiger partial charge in [-0.25, -0.2) is 0 Å². The Balaban J connectivity index is 2.49. The maximum atomic E-state index is 11.7. The van der Waals surface area contributed by atoms with Crippen LogP contribution >= 0.6 is 0 Å². The molecule has 0 saturated carbocycles. The number of hydrogen-bond donors (Lipinski definition) is 3. The summed E-state index contributed by atoms with van der Waals surface area (Å²) in [7, 11) is 0. The quantitative estimate of drug-likeness (QED) is 0.652. The Morgan fingerprint density at radius 1 is 1.33 bits per heavy atom. The fourth-order valence-electron chi connectivity index (χ4n) is 1.78. The van der Waals surface area contributed by atoms with E-state index in [-0.39, 0.29) is 5.70 Å². The summed E-state index contributed by atoms with van der Waals surface area (Å²) in [6.45, 7) is 0. The molecule has 1 aromatic rings. The third-order valence-electron chi connectivity index (χ3n) is 2.71. The number of aromatic nitrogens is 1. The zero-order valence-corrected chi connectivity index (χ0v) is 9.46. The van der Waals surface area contributed by atoms with Gasteiger partial charge in [0.1, 0.15) is 5.70 Å². The molecular weight excluding hydrogens is 232 g/mol. The molecule has 6 heteroatoms. The molecule has 0 aromatic carbocycles. The molecule has 0 spiro atoms. The third kappa shape index (κ3) is 1.84. The molecule has 5 N–H and O–H groups in total. The summed E-state index contributed by atoms with van der Waals surface area (Å²) in [6, 6.07) is 3.37. The SMILES string of the molecule is NC(=O)C1=CC=CC(C(N)=O)(c2cccnc2)N1. The van der Waals surface area contributed by atoms with E-state index in [0.717, 1.165) is 0 Å². The molecule has 0 saturated heterocycles. The lowest BCUT2D eigenvalue weighted by atomic mass is 9.87. The van der Waals surface area contributed by atoms with E-state index in [1.807, 2.05) is 0 Å². The van der Waals surface area contributed by atoms with Crippen molar-refractivity contribution in [1.82, 2.24) is 10.3 Å². The van der Waals surface area contributed by atoms with Gasteiger partial charge < -0.3 is 16.8 Å². The topological polar surface area (TPSA) is 111 Å². The van der Waals surface area contributed by atoms with E-state index in [4.69, 9.17) is 11.5 Å². The Morgan fingerprint density at radius 3 is 2.67 bits per heavy atom. The molecular formula is C12H12N4O2. The van der Waals surface area contributed by atoms with Crippen LogP contribution in [0.25, 0.3) is 0 Å². The number of dihydropyridines is 1. The highest BCUT2D eigenvalue weighted by Gasteiger charge is 2.38. The van der Waals surface area contributed by atoms with Crippen molar-refractivity contribution in [3.63, 3.8) is 0 Å². The van der Waals surface area contributed by atoms with Crippen LogP contribution in [0.15, 0.2) is 48.5 Å². The van der Waals surface area contributed by atoms with Crippen molar-refractivity contribution < 1.29 is 9.59 Å². The second-order valence-corrected chi connectivity index (χ2v) is 3.84. The minimum atomic E-state index is -1.30. The molecule has 1 atom stereocenters. The lowest BCUT2D eigenvalue weighted by molar-refractivity contribution is -0.123. The molecule has 0 bridgehead atoms. The van der Waals surface area contributed by atoms with E-state index in [1.54, 1.807) is 30.5 Å². The average molecular weight is 244 g/mol. The summed E-state index contributed by atoms with van der Waals surface area (Å²) in [6.07, 6.45) is 7.70. The Morgan fingerprint density at radius 2 is 2.11 bits per heavy atom. The van der Waals surface area contributed by atoms with Crippen LogP contribution in [0.2, 0.25) is 0 Å². The number of carbonyl (C=O) groups excluding carboxylic acids is 2. The van der Waals surface area contributed by atoms with Crippen molar-refractivity contribution in [3.05, 3.63) is 54.0 Å². The zero-order valence-electron chi connectivity index (χ0n) is 9.46. The predicted molar refractivity (Wildman–Crippen MR) is 64.7 cm³/mol. The van der Waals surface area contributed by atoms with Gasteiger partial charge >= 0.3 is 0 Å². The number of primary amides is 2. The first-order valence-corrected chi connectivity index (χ1v) is 5.24. The number of pyridine rings is 1. The van der Waals surface area contributed by atoms with Crippen LogP contribution in [0.1, 0.15) is 5.56 Å². The predicted octanol–water partition coefficient (Wildman–Crippen LogP) is -0.709. The van der Waals surface area contributed by atoms with Crippen molar-refractivity contribution >= 4 is 11.8 Å². The Labute approximate surface area is 103 Å². The number of hydrogen-bond acceptors (Lipinski definition) is 4. The minimum absolute atomic E-state index is 0.125. The molecule has 2 rings (SSSR count). The Bertz CT molecular complexity index is 550. The maximum Gasteiger partial charge on any atom is 0.264 e. The smallest absolute Gasteiger partial charge is 0.264 e. The van der Waals surface area contributed by atoms with E-state index < -0.39 is 17.4 Å². The molecule has 0 fully saturated rings. The number of carbonyl (C=O) groups is 2. The van der Waals surface area contributed by atoms with Gasteiger partial charge in [0.05, 0.1) is 0 Å². The monoisotopic (exact) mass is 244 g/mol. The molecule has 92 valence electrons. The van der Waals surface area contributed by atoms with E-state index in [2.05, 4.69) is 10.3 Å². The average Bonchev–Trinajstić information content (AvgIpc) is 2.39. The van der Waals surface area contributed by atoms with Crippen LogP contribution in [-0.2, 0) is 15.1 Å². The molecule has 2 amide bonds. The van der Waals surface area contributed by atoms with Gasteiger partial charge in [-0.3, -0.25) is 14.6 Å². The second-order valence-electron chi connectivity index (χ2n) is 3.84. The van der Waals surface area contributed by atoms with Crippen LogP contribution in [0.3, 0.4) is 0 Å². The summed E-state index contributed by atoms with van der Waals surface area (Å²) < 4.78 is 0. The van der Waals surface area contributed by atoms with Crippen LogP contribution in [0.5, 0.6) is 0 Å². The van der Waals surface area contributed by atoms with Gasteiger partial charge in [-0.1, -0.05) is 12.1 Å². The van der Waals surface area contributed by atoms with Gasteiger partial charge in [-0.2, -0.15) is 0 Å². The fraction of sp³-hybridized carbons (Fsp3) is 0.0833. The Kier molecular flexibility index (Phi) is 2.85. The maximum absolute atomic E-state index is 11.7. The molecule has 1 aliphatic rings. The van der Waals surface area contributed by atoms with Crippen molar-refractivity contribution in [2.24, 2.45) is 11.5 Å². The normalized spacial score (nSPS) is 21.9. The molecule has 1 aliphatic heterocycles. The van der Waals surface area contributed by atoms with Crippen molar-refractivity contribution in [3.8, 4) is 0 Å². The van der Waals surface area contributed by atoms with Gasteiger partial charge in [0.25, 0.3) is 11.8 Å². The van der Waals surface area contributed by atoms with Gasteiger partial charge in [0.2, 0.25) is 0 Å². The molecule has 1 aromatic heterocycles. The molecule has 6 nitrogen and oxygen atoms in total. The lowest BCUT2D eigenvalue weighted by Crippen LogP contribution is -2.53. The number of nitrogens with two attached hydrogens (primary N) is 2. The summed E-state index contributed by atoms with van der Waals surface area (Å²) >= 11 is 0. The largest absolute Gasteiger partial charge is 0.367 e. The highest BCUT2D eigenvalue weighted by Crippen LogP contribution is 2.26. The first-order valence-electron chi connectivity index (χ1n) is 5.24. The Hall–Kier alpha value is -2.63. The number of allylic oxidation sites excluding steroid dienone is 2. The van der Waals surface area contributed by atoms with Crippen LogP contribution in [-0.4, -0.2) is 16.8 Å². The first-order chi connectivity index (χ1) is 8.56. The van der Waals surface area contributed by atoms with Crippen molar-refractivity contribution in [1.29, 1.82) is 0 Å². The molecule has 0 radical (unpaired) electrons. The zero-order chi connectivity index (χ0) is 13.2.